The number of aryl methyl sites for hydroxylation is 1. The number of nitrogens with zero attached hydrogens (tertiary/aromatic N) is 1. The molecule has 0 unspecified atom stereocenters. The minimum atomic E-state index is 1.29. The Bertz CT molecular complexity index is 347. The Morgan fingerprint density at radius 2 is 1.50 bits per heavy atom. The van der Waals surface area contributed by atoms with Gasteiger partial charge in [0.2, 0.25) is 0 Å². The zero-order valence-electron chi connectivity index (χ0n) is 9.91. The third-order valence-electron chi connectivity index (χ3n) is 1.78. The normalized spacial score (nSPS) is 8.36. The van der Waals surface area contributed by atoms with Crippen LogP contribution in [-0.4, -0.2) is 4.40 Å². The lowest BCUT2D eigenvalue weighted by Crippen LogP contribution is -1.78. The van der Waals surface area contributed by atoms with Gasteiger partial charge in [0.25, 0.3) is 0 Å². The van der Waals surface area contributed by atoms with Gasteiger partial charge in [-0.2, -0.15) is 0 Å². The maximum absolute atomic E-state index is 2.12. The number of pyridine rings is 1. The Labute approximate surface area is 87.4 Å². The summed E-state index contributed by atoms with van der Waals surface area (Å²) in [5.74, 6) is 0. The van der Waals surface area contributed by atoms with E-state index in [1.165, 1.54) is 11.1 Å². The first-order chi connectivity index (χ1) is 6.88. The fraction of sp³-hybridized carbons (Fsp3) is 0.385. The Kier molecular flexibility index (Phi) is 6.55. The van der Waals surface area contributed by atoms with Crippen LogP contribution in [0.15, 0.2) is 36.7 Å². The van der Waals surface area contributed by atoms with Crippen molar-refractivity contribution >= 4 is 5.52 Å². The lowest BCUT2D eigenvalue weighted by Gasteiger charge is -1.91. The Morgan fingerprint density at radius 3 is 2.07 bits per heavy atom. The molecule has 0 aliphatic rings. The highest BCUT2D eigenvalue weighted by molar-refractivity contribution is 5.54. The van der Waals surface area contributed by atoms with Gasteiger partial charge in [0.05, 0.1) is 0 Å². The van der Waals surface area contributed by atoms with E-state index < -0.39 is 0 Å². The standard InChI is InChI=1S/C9H9N.2C2H6/c1-8-5-7-10-6-3-2-4-9(8)10;2*1-2/h2-7H,1H3;2*1-2H3. The molecule has 0 fully saturated rings. The van der Waals surface area contributed by atoms with E-state index in [0.29, 0.717) is 0 Å². The molecule has 2 rings (SSSR count). The molecular weight excluding hydrogens is 170 g/mol. The molecule has 0 amide bonds. The highest BCUT2D eigenvalue weighted by Gasteiger charge is 1.92. The van der Waals surface area contributed by atoms with Gasteiger partial charge in [-0.25, -0.2) is 0 Å². The molecule has 0 aliphatic heterocycles. The van der Waals surface area contributed by atoms with E-state index in [4.69, 9.17) is 0 Å². The number of fused-ring (bicyclic) bond motifs is 1. The predicted octanol–water partition coefficient (Wildman–Crippen LogP) is 4.30. The van der Waals surface area contributed by atoms with Gasteiger partial charge in [-0.15, -0.1) is 0 Å². The molecule has 2 aromatic rings. The Balaban J connectivity index is 0.000000379. The summed E-state index contributed by atoms with van der Waals surface area (Å²) in [6.45, 7) is 10.1. The molecule has 0 bridgehead atoms. The van der Waals surface area contributed by atoms with Crippen molar-refractivity contribution in [3.63, 3.8) is 0 Å². The maximum Gasteiger partial charge on any atom is 0.0479 e. The fourth-order valence-electron chi connectivity index (χ4n) is 1.20. The van der Waals surface area contributed by atoms with Crippen LogP contribution in [0.3, 0.4) is 0 Å². The molecule has 2 heterocycles. The average molecular weight is 191 g/mol. The molecule has 0 radical (unpaired) electrons. The molecule has 14 heavy (non-hydrogen) atoms. The monoisotopic (exact) mass is 191 g/mol. The quantitative estimate of drug-likeness (QED) is 0.585. The summed E-state index contributed by atoms with van der Waals surface area (Å²) < 4.78 is 2.12. The van der Waals surface area contributed by atoms with Gasteiger partial charge < -0.3 is 4.40 Å². The van der Waals surface area contributed by atoms with Crippen molar-refractivity contribution < 1.29 is 0 Å². The highest BCUT2D eigenvalue weighted by Crippen LogP contribution is 2.09. The van der Waals surface area contributed by atoms with Crippen LogP contribution in [0.25, 0.3) is 5.52 Å². The van der Waals surface area contributed by atoms with E-state index in [1.807, 2.05) is 33.8 Å². The first-order valence-corrected chi connectivity index (χ1v) is 5.40. The molecule has 0 N–H and O–H groups in total. The van der Waals surface area contributed by atoms with Crippen molar-refractivity contribution in [2.45, 2.75) is 34.6 Å². The molecule has 1 nitrogen and oxygen atoms in total. The van der Waals surface area contributed by atoms with Crippen LogP contribution < -0.4 is 0 Å². The summed E-state index contributed by atoms with van der Waals surface area (Å²) in [7, 11) is 0. The Morgan fingerprint density at radius 1 is 0.857 bits per heavy atom. The summed E-state index contributed by atoms with van der Waals surface area (Å²) in [6, 6.07) is 8.33. The van der Waals surface area contributed by atoms with Crippen LogP contribution in [0.5, 0.6) is 0 Å². The summed E-state index contributed by atoms with van der Waals surface area (Å²) in [6.07, 6.45) is 4.13. The zero-order valence-corrected chi connectivity index (χ0v) is 9.91. The number of rotatable bonds is 0. The zero-order chi connectivity index (χ0) is 11.0. The van der Waals surface area contributed by atoms with Crippen LogP contribution in [0.2, 0.25) is 0 Å². The van der Waals surface area contributed by atoms with E-state index in [1.54, 1.807) is 0 Å². The minimum Gasteiger partial charge on any atom is -0.324 e. The fourth-order valence-corrected chi connectivity index (χ4v) is 1.20. The van der Waals surface area contributed by atoms with E-state index in [2.05, 4.69) is 41.9 Å². The van der Waals surface area contributed by atoms with Crippen molar-refractivity contribution in [2.75, 3.05) is 0 Å². The number of aromatic nitrogens is 1. The van der Waals surface area contributed by atoms with Gasteiger partial charge in [0, 0.05) is 17.9 Å². The summed E-state index contributed by atoms with van der Waals surface area (Å²) in [4.78, 5) is 0. The highest BCUT2D eigenvalue weighted by atomic mass is 14.8. The van der Waals surface area contributed by atoms with Crippen molar-refractivity contribution in [3.05, 3.63) is 42.2 Å². The second-order valence-electron chi connectivity index (χ2n) is 2.49. The molecule has 0 aromatic carbocycles. The lowest BCUT2D eigenvalue weighted by molar-refractivity contribution is 1.20. The van der Waals surface area contributed by atoms with Crippen LogP contribution in [0, 0.1) is 6.92 Å². The van der Waals surface area contributed by atoms with Crippen molar-refractivity contribution in [1.29, 1.82) is 0 Å². The molecule has 0 saturated carbocycles. The predicted molar refractivity (Wildman–Crippen MR) is 64.8 cm³/mol. The molecule has 0 spiro atoms. The van der Waals surface area contributed by atoms with Crippen LogP contribution in [0.1, 0.15) is 33.3 Å². The summed E-state index contributed by atoms with van der Waals surface area (Å²) >= 11 is 0. The SMILES string of the molecule is CC.CC.Cc1ccn2ccccc12. The van der Waals surface area contributed by atoms with Crippen LogP contribution in [0.4, 0.5) is 0 Å². The molecule has 1 heteroatoms. The Hall–Kier alpha value is -1.24. The average Bonchev–Trinajstić information content (AvgIpc) is 2.67. The first-order valence-electron chi connectivity index (χ1n) is 5.40. The van der Waals surface area contributed by atoms with E-state index in [-0.39, 0.29) is 0 Å². The molecule has 2 aromatic heterocycles. The first kappa shape index (κ1) is 12.8. The van der Waals surface area contributed by atoms with Gasteiger partial charge in [-0.3, -0.25) is 0 Å². The van der Waals surface area contributed by atoms with E-state index in [0.717, 1.165) is 0 Å². The van der Waals surface area contributed by atoms with E-state index >= 15 is 0 Å². The van der Waals surface area contributed by atoms with Gasteiger partial charge in [-0.1, -0.05) is 33.8 Å². The van der Waals surface area contributed by atoms with Crippen molar-refractivity contribution in [3.8, 4) is 0 Å². The molecule has 78 valence electrons. The van der Waals surface area contributed by atoms with Gasteiger partial charge in [-0.05, 0) is 30.7 Å². The maximum atomic E-state index is 2.12. The smallest absolute Gasteiger partial charge is 0.0479 e. The second kappa shape index (κ2) is 7.19. The molecule has 0 saturated heterocycles. The third-order valence-corrected chi connectivity index (χ3v) is 1.78. The summed E-state index contributed by atoms with van der Waals surface area (Å²) in [5.41, 5.74) is 2.63. The third kappa shape index (κ3) is 2.91. The van der Waals surface area contributed by atoms with Crippen molar-refractivity contribution in [2.24, 2.45) is 0 Å². The topological polar surface area (TPSA) is 4.41 Å². The van der Waals surface area contributed by atoms with E-state index in [9.17, 15) is 0 Å². The largest absolute Gasteiger partial charge is 0.324 e. The minimum absolute atomic E-state index is 1.29. The molecule has 0 atom stereocenters. The van der Waals surface area contributed by atoms with Gasteiger partial charge in [0.1, 0.15) is 0 Å². The van der Waals surface area contributed by atoms with Crippen LogP contribution >= 0.6 is 0 Å². The molecule has 0 aliphatic carbocycles. The van der Waals surface area contributed by atoms with Crippen molar-refractivity contribution in [1.82, 2.24) is 4.40 Å². The number of hydrogen-bond acceptors (Lipinski definition) is 0. The van der Waals surface area contributed by atoms with Gasteiger partial charge in [0.15, 0.2) is 0 Å². The molecular formula is C13H21N. The lowest BCUT2D eigenvalue weighted by atomic mass is 10.3. The summed E-state index contributed by atoms with van der Waals surface area (Å²) in [5, 5.41) is 0. The number of hydrogen-bond donors (Lipinski definition) is 0. The second-order valence-corrected chi connectivity index (χ2v) is 2.49. The van der Waals surface area contributed by atoms with Gasteiger partial charge >= 0.3 is 0 Å². The van der Waals surface area contributed by atoms with Crippen LogP contribution in [-0.2, 0) is 0 Å².